The Balaban J connectivity index is 1.90. The number of rotatable bonds is 0. The molecule has 2 unspecified atom stereocenters. The Kier molecular flexibility index (Phi) is 0.952. The maximum atomic E-state index is 2.58. The van der Waals surface area contributed by atoms with Gasteiger partial charge in [0.1, 0.15) is 13.3 Å². The molecule has 56 valence electrons. The van der Waals surface area contributed by atoms with Gasteiger partial charge in [-0.25, -0.2) is 9.80 Å². The Morgan fingerprint density at radius 1 is 1.10 bits per heavy atom. The number of hydrogen-bond acceptors (Lipinski definition) is 2. The zero-order valence-corrected chi connectivity index (χ0v) is 6.21. The topological polar surface area (TPSA) is 10.9 Å². The molecular weight excluding hydrogens is 126 g/mol. The lowest BCUT2D eigenvalue weighted by Crippen LogP contribution is -3.20. The molecule has 0 aliphatic carbocycles. The van der Waals surface area contributed by atoms with E-state index in [1.54, 1.807) is 4.90 Å². The smallest absolute Gasteiger partial charge is 0.135 e. The van der Waals surface area contributed by atoms with E-state index in [1.165, 1.54) is 39.6 Å². The second kappa shape index (κ2) is 1.72. The molecule has 4 rings (SSSR count). The van der Waals surface area contributed by atoms with Gasteiger partial charge < -0.3 is 4.90 Å². The molecule has 4 saturated heterocycles. The minimum atomic E-state index is 0.992. The van der Waals surface area contributed by atoms with Crippen LogP contribution in [0.3, 0.4) is 0 Å². The first-order valence-corrected chi connectivity index (χ1v) is 4.18. The fraction of sp³-hybridized carbons (Fsp3) is 1.00. The predicted molar refractivity (Wildman–Crippen MR) is 37.3 cm³/mol. The Labute approximate surface area is 61.2 Å². The van der Waals surface area contributed by atoms with Crippen LogP contribution in [0.4, 0.5) is 0 Å². The highest BCUT2D eigenvalue weighted by Crippen LogP contribution is 2.14. The van der Waals surface area contributed by atoms with Crippen molar-refractivity contribution in [2.75, 3.05) is 39.6 Å². The third-order valence-corrected chi connectivity index (χ3v) is 2.90. The molecule has 0 saturated carbocycles. The van der Waals surface area contributed by atoms with Gasteiger partial charge >= 0.3 is 0 Å². The summed E-state index contributed by atoms with van der Waals surface area (Å²) >= 11 is 0. The van der Waals surface area contributed by atoms with Gasteiger partial charge in [-0.3, -0.25) is 0 Å². The summed E-state index contributed by atoms with van der Waals surface area (Å²) in [6.07, 6.45) is 0. The molecule has 3 nitrogen and oxygen atoms in total. The third kappa shape index (κ3) is 0.654. The van der Waals surface area contributed by atoms with Gasteiger partial charge in [-0.15, -0.1) is 0 Å². The number of quaternary nitrogens is 1. The maximum absolute atomic E-state index is 2.58. The van der Waals surface area contributed by atoms with Crippen LogP contribution in [0.5, 0.6) is 0 Å². The molecular formula is C7H14N3+. The number of nitrogens with zero attached hydrogens (tertiary/aromatic N) is 2. The van der Waals surface area contributed by atoms with Crippen molar-refractivity contribution in [3.8, 4) is 0 Å². The highest BCUT2D eigenvalue weighted by Gasteiger charge is 2.41. The van der Waals surface area contributed by atoms with Crippen molar-refractivity contribution in [2.45, 2.75) is 0 Å². The summed E-state index contributed by atoms with van der Waals surface area (Å²) < 4.78 is 0. The molecule has 4 heterocycles. The standard InChI is InChI=1S/C7H13N3/c1-7-2-9-4-8(1)5-10(3-7)6-9/h7H,1-6H2/p+1. The van der Waals surface area contributed by atoms with Crippen LogP contribution >= 0.6 is 0 Å². The van der Waals surface area contributed by atoms with Crippen molar-refractivity contribution >= 4 is 0 Å². The van der Waals surface area contributed by atoms with E-state index in [9.17, 15) is 0 Å². The maximum Gasteiger partial charge on any atom is 0.135 e. The minimum absolute atomic E-state index is 0.992. The first-order chi connectivity index (χ1) is 4.90. The van der Waals surface area contributed by atoms with Crippen LogP contribution in [-0.4, -0.2) is 49.4 Å². The Morgan fingerprint density at radius 2 is 1.80 bits per heavy atom. The van der Waals surface area contributed by atoms with Gasteiger partial charge in [-0.1, -0.05) is 0 Å². The van der Waals surface area contributed by atoms with Gasteiger partial charge in [0.15, 0.2) is 0 Å². The van der Waals surface area contributed by atoms with Crippen LogP contribution in [0, 0.1) is 5.92 Å². The lowest BCUT2D eigenvalue weighted by atomic mass is 10.0. The van der Waals surface area contributed by atoms with Crippen molar-refractivity contribution in [2.24, 2.45) is 5.92 Å². The third-order valence-electron chi connectivity index (χ3n) is 2.90. The molecule has 4 bridgehead atoms. The fourth-order valence-electron chi connectivity index (χ4n) is 2.76. The summed E-state index contributed by atoms with van der Waals surface area (Å²) in [5.74, 6) is 0.992. The molecule has 10 heavy (non-hydrogen) atoms. The van der Waals surface area contributed by atoms with Crippen LogP contribution in [0.1, 0.15) is 0 Å². The van der Waals surface area contributed by atoms with E-state index in [1.807, 2.05) is 0 Å². The highest BCUT2D eigenvalue weighted by atomic mass is 15.5. The van der Waals surface area contributed by atoms with E-state index in [2.05, 4.69) is 9.80 Å². The van der Waals surface area contributed by atoms with Gasteiger partial charge in [0.25, 0.3) is 0 Å². The average molecular weight is 140 g/mol. The summed E-state index contributed by atoms with van der Waals surface area (Å²) in [7, 11) is 0. The molecule has 4 aliphatic rings. The van der Waals surface area contributed by atoms with Crippen LogP contribution < -0.4 is 4.90 Å². The zero-order valence-electron chi connectivity index (χ0n) is 6.21. The van der Waals surface area contributed by atoms with E-state index in [0.717, 1.165) is 5.92 Å². The van der Waals surface area contributed by atoms with Crippen molar-refractivity contribution in [1.82, 2.24) is 9.80 Å². The molecule has 0 amide bonds. The second-order valence-electron chi connectivity index (χ2n) is 3.98. The molecule has 0 aromatic rings. The average Bonchev–Trinajstić information content (AvgIpc) is 1.82. The summed E-state index contributed by atoms with van der Waals surface area (Å²) in [5.41, 5.74) is 0. The number of hydrogen-bond donors (Lipinski definition) is 1. The van der Waals surface area contributed by atoms with E-state index in [4.69, 9.17) is 0 Å². The van der Waals surface area contributed by atoms with Crippen molar-refractivity contribution in [3.05, 3.63) is 0 Å². The van der Waals surface area contributed by atoms with E-state index >= 15 is 0 Å². The summed E-state index contributed by atoms with van der Waals surface area (Å²) in [6, 6.07) is 0. The molecule has 2 atom stereocenters. The second-order valence-corrected chi connectivity index (χ2v) is 3.98. The lowest BCUT2D eigenvalue weighted by molar-refractivity contribution is -0.947. The molecule has 1 N–H and O–H groups in total. The van der Waals surface area contributed by atoms with Gasteiger partial charge in [-0.2, -0.15) is 0 Å². The Hall–Kier alpha value is -0.120. The Bertz CT molecular complexity index is 100. The van der Waals surface area contributed by atoms with Gasteiger partial charge in [0, 0.05) is 19.0 Å². The van der Waals surface area contributed by atoms with E-state index in [0.29, 0.717) is 0 Å². The summed E-state index contributed by atoms with van der Waals surface area (Å²) in [5, 5.41) is 0. The van der Waals surface area contributed by atoms with Crippen molar-refractivity contribution < 1.29 is 4.90 Å². The number of nitrogens with one attached hydrogen (secondary N) is 1. The predicted octanol–water partition coefficient (Wildman–Crippen LogP) is -2.00. The minimum Gasteiger partial charge on any atom is -0.310 e. The molecule has 0 spiro atoms. The van der Waals surface area contributed by atoms with Crippen molar-refractivity contribution in [3.63, 3.8) is 0 Å². The lowest BCUT2D eigenvalue weighted by Gasteiger charge is -2.51. The Morgan fingerprint density at radius 3 is 2.30 bits per heavy atom. The van der Waals surface area contributed by atoms with E-state index < -0.39 is 0 Å². The molecule has 4 fully saturated rings. The highest BCUT2D eigenvalue weighted by molar-refractivity contribution is 4.78. The van der Waals surface area contributed by atoms with Crippen molar-refractivity contribution in [1.29, 1.82) is 0 Å². The van der Waals surface area contributed by atoms with Gasteiger partial charge in [-0.05, 0) is 0 Å². The van der Waals surface area contributed by atoms with E-state index in [-0.39, 0.29) is 0 Å². The largest absolute Gasteiger partial charge is 0.310 e. The first kappa shape index (κ1) is 5.52. The molecule has 3 heteroatoms. The van der Waals surface area contributed by atoms with Gasteiger partial charge in [0.05, 0.1) is 13.2 Å². The van der Waals surface area contributed by atoms with Crippen LogP contribution in [0.15, 0.2) is 0 Å². The molecule has 0 aromatic heterocycles. The zero-order chi connectivity index (χ0) is 6.55. The quantitative estimate of drug-likeness (QED) is 0.417. The first-order valence-electron chi connectivity index (χ1n) is 4.18. The summed E-state index contributed by atoms with van der Waals surface area (Å²) in [6.45, 7) is 8.06. The fourth-order valence-corrected chi connectivity index (χ4v) is 2.76. The van der Waals surface area contributed by atoms with Crippen LogP contribution in [-0.2, 0) is 0 Å². The molecule has 0 aromatic carbocycles. The van der Waals surface area contributed by atoms with Crippen LogP contribution in [0.2, 0.25) is 0 Å². The summed E-state index contributed by atoms with van der Waals surface area (Å²) in [4.78, 5) is 6.95. The van der Waals surface area contributed by atoms with Crippen LogP contribution in [0.25, 0.3) is 0 Å². The molecule has 0 radical (unpaired) electrons. The SMILES string of the molecule is C1C2CN3CN1C[NH+](C2)C3. The molecule has 4 aliphatic heterocycles. The normalized spacial score (nSPS) is 57.6. The van der Waals surface area contributed by atoms with Gasteiger partial charge in [0.2, 0.25) is 0 Å². The monoisotopic (exact) mass is 140 g/mol.